The van der Waals surface area contributed by atoms with Crippen LogP contribution in [0.3, 0.4) is 0 Å². The number of carboxylic acid groups (broad SMARTS) is 1. The van der Waals surface area contributed by atoms with E-state index in [1.807, 2.05) is 6.92 Å². The van der Waals surface area contributed by atoms with E-state index in [9.17, 15) is 50.8 Å². The molecule has 20 atom stereocenters. The highest BCUT2D eigenvalue weighted by Crippen LogP contribution is 2.76. The van der Waals surface area contributed by atoms with Gasteiger partial charge in [0, 0.05) is 11.8 Å². The normalized spacial score (nSPS) is 56.3. The molecule has 7 rings (SSSR count). The average molecular weight is 783 g/mol. The van der Waals surface area contributed by atoms with Crippen molar-refractivity contribution in [3.63, 3.8) is 0 Å². The Kier molecular flexibility index (Phi) is 10.6. The zero-order valence-electron chi connectivity index (χ0n) is 33.4. The van der Waals surface area contributed by atoms with Crippen molar-refractivity contribution in [2.75, 3.05) is 13.2 Å². The molecule has 6 fully saturated rings. The second-order valence-electron chi connectivity index (χ2n) is 20.0. The summed E-state index contributed by atoms with van der Waals surface area (Å²) in [5.74, 6) is -1.85. The zero-order valence-corrected chi connectivity index (χ0v) is 33.4. The summed E-state index contributed by atoms with van der Waals surface area (Å²) >= 11 is 0. The number of allylic oxidation sites excluding steroid dienone is 1. The summed E-state index contributed by atoms with van der Waals surface area (Å²) in [5, 5.41) is 96.1. The molecule has 0 amide bonds. The van der Waals surface area contributed by atoms with Crippen molar-refractivity contribution in [3.05, 3.63) is 11.6 Å². The summed E-state index contributed by atoms with van der Waals surface area (Å²) < 4.78 is 24.0. The first kappa shape index (κ1) is 41.9. The second-order valence-corrected chi connectivity index (χ2v) is 20.0. The minimum absolute atomic E-state index is 0.0393. The highest BCUT2D eigenvalue weighted by atomic mass is 16.7. The molecule has 0 aromatic carbocycles. The molecule has 20 unspecified atom stereocenters. The van der Waals surface area contributed by atoms with Crippen LogP contribution in [0, 0.1) is 50.7 Å². The molecule has 14 nitrogen and oxygen atoms in total. The van der Waals surface area contributed by atoms with E-state index in [-0.39, 0.29) is 47.2 Å². The fourth-order valence-electron chi connectivity index (χ4n) is 13.7. The maximum absolute atomic E-state index is 13.6. The first-order valence-corrected chi connectivity index (χ1v) is 20.5. The van der Waals surface area contributed by atoms with Crippen molar-refractivity contribution < 1.29 is 69.7 Å². The predicted molar refractivity (Wildman–Crippen MR) is 195 cm³/mol. The smallest absolute Gasteiger partial charge is 0.310 e. The van der Waals surface area contributed by atoms with E-state index in [1.54, 1.807) is 6.92 Å². The summed E-state index contributed by atoms with van der Waals surface area (Å²) in [6.07, 6.45) is -6.27. The molecular weight excluding hydrogens is 716 g/mol. The van der Waals surface area contributed by atoms with Gasteiger partial charge in [-0.2, -0.15) is 0 Å². The van der Waals surface area contributed by atoms with E-state index in [4.69, 9.17) is 18.9 Å². The van der Waals surface area contributed by atoms with Gasteiger partial charge in [-0.05, 0) is 91.8 Å². The quantitative estimate of drug-likeness (QED) is 0.137. The second kappa shape index (κ2) is 13.9. The number of carboxylic acids is 1. The molecule has 2 saturated heterocycles. The monoisotopic (exact) mass is 782 g/mol. The molecule has 0 radical (unpaired) electrons. The maximum atomic E-state index is 13.6. The van der Waals surface area contributed by atoms with Gasteiger partial charge >= 0.3 is 5.97 Å². The number of carbonyl (C=O) groups is 1. The Hall–Kier alpha value is -1.27. The lowest BCUT2D eigenvalue weighted by Crippen LogP contribution is -2.70. The zero-order chi connectivity index (χ0) is 40.4. The Balaban J connectivity index is 1.17. The van der Waals surface area contributed by atoms with Crippen LogP contribution in [0.2, 0.25) is 0 Å². The minimum Gasteiger partial charge on any atom is -0.481 e. The van der Waals surface area contributed by atoms with Gasteiger partial charge in [0.05, 0.1) is 36.4 Å². The average Bonchev–Trinajstić information content (AvgIpc) is 3.12. The van der Waals surface area contributed by atoms with E-state index in [0.29, 0.717) is 12.8 Å². The number of ether oxygens (including phenoxy) is 4. The standard InChI is InChI=1S/C41H66O14/c1-19-22(53-34-31(48)29(46)28(45)23(17-42)54-34)16-41(35(49)50)15-14-38(5)20(32(41)40(19,7)51)8-9-25-37(4)12-11-26(36(2,3)24(37)10-13-39(25,38)6)55-33-30(47)27(44)21(43)18-52-33/h8,19,21-34,42-48,51H,9-18H2,1-7H3,(H,49,50). The van der Waals surface area contributed by atoms with Gasteiger partial charge in [0.15, 0.2) is 12.6 Å². The number of fused-ring (bicyclic) bond motifs is 7. The number of rotatable bonds is 6. The lowest BCUT2D eigenvalue weighted by molar-refractivity contribution is -0.328. The van der Waals surface area contributed by atoms with Gasteiger partial charge < -0.3 is 64.9 Å². The van der Waals surface area contributed by atoms with E-state index in [1.165, 1.54) is 0 Å². The lowest BCUT2D eigenvalue weighted by atomic mass is 9.33. The third-order valence-electron chi connectivity index (χ3n) is 17.4. The Morgan fingerprint density at radius 2 is 1.51 bits per heavy atom. The van der Waals surface area contributed by atoms with Crippen molar-refractivity contribution in [2.45, 2.75) is 173 Å². The van der Waals surface area contributed by atoms with Crippen LogP contribution in [0.15, 0.2) is 11.6 Å². The van der Waals surface area contributed by atoms with Crippen molar-refractivity contribution >= 4 is 5.97 Å². The molecule has 0 aromatic rings. The lowest BCUT2D eigenvalue weighted by Gasteiger charge is -2.72. The van der Waals surface area contributed by atoms with E-state index in [0.717, 1.165) is 37.7 Å². The van der Waals surface area contributed by atoms with Crippen molar-refractivity contribution in [2.24, 2.45) is 50.7 Å². The molecule has 7 aliphatic rings. The van der Waals surface area contributed by atoms with E-state index >= 15 is 0 Å². The SMILES string of the molecule is CC1C(OC2OC(CO)C(O)C(O)C2O)CC2(C(=O)O)CCC3(C)C(=CCC4C5(C)CCC(OC6OCC(O)C(O)C6O)C(C)(C)C5CCC43C)C2C1(C)O. The molecular formula is C41H66O14. The molecule has 2 heterocycles. The first-order valence-electron chi connectivity index (χ1n) is 20.5. The fraction of sp³-hybridized carbons (Fsp3) is 0.927. The van der Waals surface area contributed by atoms with Crippen molar-refractivity contribution in [1.82, 2.24) is 0 Å². The van der Waals surface area contributed by atoms with E-state index in [2.05, 4.69) is 40.7 Å². The molecule has 314 valence electrons. The highest BCUT2D eigenvalue weighted by molar-refractivity contribution is 5.77. The minimum atomic E-state index is -1.65. The van der Waals surface area contributed by atoms with Gasteiger partial charge in [-0.3, -0.25) is 4.79 Å². The third kappa shape index (κ3) is 5.89. The molecule has 2 aliphatic heterocycles. The van der Waals surface area contributed by atoms with E-state index < -0.39 is 102 Å². The van der Waals surface area contributed by atoms with Crippen LogP contribution >= 0.6 is 0 Å². The van der Waals surface area contributed by atoms with Crippen LogP contribution in [-0.2, 0) is 23.7 Å². The van der Waals surface area contributed by atoms with Crippen LogP contribution < -0.4 is 0 Å². The third-order valence-corrected chi connectivity index (χ3v) is 17.4. The molecule has 0 spiro atoms. The van der Waals surface area contributed by atoms with Crippen LogP contribution in [0.5, 0.6) is 0 Å². The van der Waals surface area contributed by atoms with Crippen LogP contribution in [0.1, 0.15) is 99.8 Å². The summed E-state index contributed by atoms with van der Waals surface area (Å²) in [7, 11) is 0. The van der Waals surface area contributed by atoms with Gasteiger partial charge in [-0.25, -0.2) is 0 Å². The van der Waals surface area contributed by atoms with Crippen LogP contribution in [-0.4, -0.2) is 138 Å². The molecule has 0 bridgehead atoms. The number of aliphatic carboxylic acids is 1. The first-order chi connectivity index (χ1) is 25.5. The topological polar surface area (TPSA) is 236 Å². The Labute approximate surface area is 323 Å². The van der Waals surface area contributed by atoms with Crippen molar-refractivity contribution in [1.29, 1.82) is 0 Å². The van der Waals surface area contributed by atoms with Gasteiger partial charge in [-0.1, -0.05) is 53.2 Å². The van der Waals surface area contributed by atoms with Gasteiger partial charge in [0.2, 0.25) is 0 Å². The molecule has 9 N–H and O–H groups in total. The Bertz CT molecular complexity index is 1500. The number of hydrogen-bond donors (Lipinski definition) is 9. The van der Waals surface area contributed by atoms with Gasteiger partial charge in [0.25, 0.3) is 0 Å². The number of aliphatic hydroxyl groups is 8. The van der Waals surface area contributed by atoms with Crippen LogP contribution in [0.25, 0.3) is 0 Å². The predicted octanol–water partition coefficient (Wildman–Crippen LogP) is 1.46. The molecule has 14 heteroatoms. The fourth-order valence-corrected chi connectivity index (χ4v) is 13.7. The maximum Gasteiger partial charge on any atom is 0.310 e. The highest BCUT2D eigenvalue weighted by Gasteiger charge is 2.73. The summed E-state index contributed by atoms with van der Waals surface area (Å²) in [6, 6.07) is 0. The molecule has 5 aliphatic carbocycles. The summed E-state index contributed by atoms with van der Waals surface area (Å²) in [5.41, 5.74) is -3.01. The van der Waals surface area contributed by atoms with Crippen LogP contribution in [0.4, 0.5) is 0 Å². The van der Waals surface area contributed by atoms with Gasteiger partial charge in [-0.15, -0.1) is 0 Å². The Morgan fingerprint density at radius 1 is 0.836 bits per heavy atom. The molecule has 4 saturated carbocycles. The Morgan fingerprint density at radius 3 is 2.16 bits per heavy atom. The molecule has 0 aromatic heterocycles. The molecule has 55 heavy (non-hydrogen) atoms. The van der Waals surface area contributed by atoms with Gasteiger partial charge in [0.1, 0.15) is 42.7 Å². The van der Waals surface area contributed by atoms with Crippen molar-refractivity contribution in [3.8, 4) is 0 Å². The summed E-state index contributed by atoms with van der Waals surface area (Å²) in [4.78, 5) is 13.6. The summed E-state index contributed by atoms with van der Waals surface area (Å²) in [6.45, 7) is 14.3. The number of hydrogen-bond acceptors (Lipinski definition) is 13. The number of aliphatic hydroxyl groups excluding tert-OH is 7. The largest absolute Gasteiger partial charge is 0.481 e.